The van der Waals surface area contributed by atoms with E-state index in [1.165, 1.54) is 19.2 Å². The van der Waals surface area contributed by atoms with Crippen LogP contribution in [0, 0.1) is 6.92 Å². The number of nitrogens with one attached hydrogen (secondary N) is 2. The van der Waals surface area contributed by atoms with Crippen LogP contribution in [0.2, 0.25) is 0 Å². The number of ether oxygens (including phenoxy) is 1. The zero-order chi connectivity index (χ0) is 19.6. The third kappa shape index (κ3) is 3.69. The van der Waals surface area contributed by atoms with Crippen molar-refractivity contribution >= 4 is 11.9 Å². The van der Waals surface area contributed by atoms with Gasteiger partial charge in [0.1, 0.15) is 11.5 Å². The van der Waals surface area contributed by atoms with Crippen molar-refractivity contribution in [2.45, 2.75) is 19.3 Å². The Bertz CT molecular complexity index is 1040. The van der Waals surface area contributed by atoms with Gasteiger partial charge in [-0.25, -0.2) is 4.79 Å². The molecule has 2 heterocycles. The van der Waals surface area contributed by atoms with E-state index in [-0.39, 0.29) is 17.5 Å². The number of aromatic nitrogens is 2. The van der Waals surface area contributed by atoms with Crippen LogP contribution in [-0.2, 0) is 9.53 Å². The van der Waals surface area contributed by atoms with Crippen molar-refractivity contribution < 1.29 is 23.8 Å². The van der Waals surface area contributed by atoms with Crippen molar-refractivity contribution in [2.75, 3.05) is 7.11 Å². The number of H-pyrrole nitrogens is 2. The number of esters is 1. The van der Waals surface area contributed by atoms with Crippen LogP contribution >= 0.6 is 0 Å². The molecule has 1 unspecified atom stereocenters. The van der Waals surface area contributed by atoms with Crippen LogP contribution in [0.1, 0.15) is 39.7 Å². The van der Waals surface area contributed by atoms with E-state index in [1.807, 2.05) is 0 Å². The summed E-state index contributed by atoms with van der Waals surface area (Å²) in [5.41, 5.74) is 1.36. The molecule has 2 aromatic heterocycles. The van der Waals surface area contributed by atoms with Crippen molar-refractivity contribution in [3.63, 3.8) is 0 Å². The van der Waals surface area contributed by atoms with E-state index in [0.717, 1.165) is 0 Å². The van der Waals surface area contributed by atoms with Gasteiger partial charge >= 0.3 is 11.9 Å². The second kappa shape index (κ2) is 7.36. The fourth-order valence-electron chi connectivity index (χ4n) is 2.97. The van der Waals surface area contributed by atoms with Crippen molar-refractivity contribution in [3.05, 3.63) is 69.3 Å². The number of rotatable bonds is 6. The van der Waals surface area contributed by atoms with E-state index in [4.69, 9.17) is 14.3 Å². The fraction of sp³-hybridized carbons (Fsp3) is 0.211. The third-order valence-electron chi connectivity index (χ3n) is 4.32. The van der Waals surface area contributed by atoms with Crippen molar-refractivity contribution in [3.8, 4) is 11.3 Å². The van der Waals surface area contributed by atoms with E-state index >= 15 is 0 Å². The average Bonchev–Trinajstić information content (AvgIpc) is 3.27. The predicted molar refractivity (Wildman–Crippen MR) is 95.7 cm³/mol. The zero-order valence-corrected chi connectivity index (χ0v) is 14.7. The molecule has 0 aliphatic carbocycles. The first kappa shape index (κ1) is 18.2. The Hall–Kier alpha value is -3.55. The number of aryl methyl sites for hydroxylation is 1. The molecule has 0 saturated heterocycles. The molecule has 0 aliphatic heterocycles. The average molecular weight is 370 g/mol. The Morgan fingerprint density at radius 1 is 1.22 bits per heavy atom. The molecule has 0 bridgehead atoms. The fourth-order valence-corrected chi connectivity index (χ4v) is 2.97. The molecule has 0 amide bonds. The number of furan rings is 1. The molecule has 0 saturated carbocycles. The molecule has 8 heteroatoms. The van der Waals surface area contributed by atoms with Crippen LogP contribution in [0.25, 0.3) is 11.3 Å². The van der Waals surface area contributed by atoms with Crippen LogP contribution in [-0.4, -0.2) is 34.4 Å². The smallest absolute Gasteiger partial charge is 0.335 e. The van der Waals surface area contributed by atoms with E-state index in [2.05, 4.69) is 10.2 Å². The monoisotopic (exact) mass is 370 g/mol. The van der Waals surface area contributed by atoms with Gasteiger partial charge in [-0.3, -0.25) is 14.7 Å². The van der Waals surface area contributed by atoms with Crippen LogP contribution in [0.15, 0.2) is 45.6 Å². The summed E-state index contributed by atoms with van der Waals surface area (Å²) in [5.74, 6) is -1.31. The molecule has 0 radical (unpaired) electrons. The minimum absolute atomic E-state index is 0.0691. The number of aromatic carboxylic acids is 1. The lowest BCUT2D eigenvalue weighted by atomic mass is 9.93. The number of carbonyl (C=O) groups excluding carboxylic acids is 1. The van der Waals surface area contributed by atoms with Crippen LogP contribution in [0.4, 0.5) is 0 Å². The molecule has 3 aromatic rings. The number of carboxylic acids is 1. The van der Waals surface area contributed by atoms with Gasteiger partial charge in [0.15, 0.2) is 0 Å². The van der Waals surface area contributed by atoms with Gasteiger partial charge in [0.05, 0.1) is 30.6 Å². The van der Waals surface area contributed by atoms with Gasteiger partial charge in [0.2, 0.25) is 0 Å². The summed E-state index contributed by atoms with van der Waals surface area (Å²) in [6.45, 7) is 1.72. The first-order chi connectivity index (χ1) is 12.9. The van der Waals surface area contributed by atoms with Gasteiger partial charge in [-0.2, -0.15) is 0 Å². The Morgan fingerprint density at radius 3 is 2.63 bits per heavy atom. The minimum atomic E-state index is -1.04. The lowest BCUT2D eigenvalue weighted by molar-refractivity contribution is -0.140. The molecular weight excluding hydrogens is 352 g/mol. The molecule has 1 atom stereocenters. The molecule has 0 aliphatic rings. The standard InChI is InChI=1S/C19H18N2O6/c1-10-17(18(23)21-20-10)13(9-16(22)26-2)15-7-6-14(27-15)11-4-3-5-12(8-11)19(24)25/h3-8,13H,9H2,1-2H3,(H,24,25)(H2,20,21,23). The number of benzene rings is 1. The number of aromatic amines is 2. The van der Waals surface area contributed by atoms with Crippen molar-refractivity contribution in [2.24, 2.45) is 0 Å². The van der Waals surface area contributed by atoms with Gasteiger partial charge in [-0.1, -0.05) is 12.1 Å². The Labute approximate surface area is 153 Å². The molecule has 3 rings (SSSR count). The second-order valence-corrected chi connectivity index (χ2v) is 6.04. The van der Waals surface area contributed by atoms with Gasteiger partial charge in [0.25, 0.3) is 5.56 Å². The largest absolute Gasteiger partial charge is 0.478 e. The van der Waals surface area contributed by atoms with Gasteiger partial charge < -0.3 is 19.4 Å². The Kier molecular flexibility index (Phi) is 4.98. The van der Waals surface area contributed by atoms with E-state index in [0.29, 0.717) is 28.3 Å². The molecule has 140 valence electrons. The van der Waals surface area contributed by atoms with Crippen molar-refractivity contribution in [1.29, 1.82) is 0 Å². The SMILES string of the molecule is COC(=O)CC(c1ccc(-c2cccc(C(=O)O)c2)o1)c1c(C)[nH][nH]c1=O. The highest BCUT2D eigenvalue weighted by Gasteiger charge is 2.27. The van der Waals surface area contributed by atoms with Crippen molar-refractivity contribution in [1.82, 2.24) is 10.2 Å². The summed E-state index contributed by atoms with van der Waals surface area (Å²) in [6, 6.07) is 9.67. The molecule has 1 aromatic carbocycles. The maximum atomic E-state index is 12.2. The maximum Gasteiger partial charge on any atom is 0.335 e. The summed E-state index contributed by atoms with van der Waals surface area (Å²) in [5, 5.41) is 14.4. The van der Waals surface area contributed by atoms with E-state index in [9.17, 15) is 14.4 Å². The Morgan fingerprint density at radius 2 is 2.00 bits per heavy atom. The maximum absolute atomic E-state index is 12.2. The number of methoxy groups -OCH3 is 1. The molecule has 3 N–H and O–H groups in total. The van der Waals surface area contributed by atoms with Gasteiger partial charge in [-0.05, 0) is 31.2 Å². The molecule has 8 nitrogen and oxygen atoms in total. The summed E-state index contributed by atoms with van der Waals surface area (Å²) in [7, 11) is 1.28. The first-order valence-corrected chi connectivity index (χ1v) is 8.18. The Balaban J connectivity index is 2.02. The molecule has 0 spiro atoms. The number of hydrogen-bond donors (Lipinski definition) is 3. The highest BCUT2D eigenvalue weighted by molar-refractivity contribution is 5.89. The second-order valence-electron chi connectivity index (χ2n) is 6.04. The van der Waals surface area contributed by atoms with Crippen LogP contribution in [0.3, 0.4) is 0 Å². The molecule has 27 heavy (non-hydrogen) atoms. The lowest BCUT2D eigenvalue weighted by Crippen LogP contribution is -2.16. The van der Waals surface area contributed by atoms with Gasteiger partial charge in [-0.15, -0.1) is 0 Å². The summed E-state index contributed by atoms with van der Waals surface area (Å²) in [6.07, 6.45) is -0.0691. The number of carbonyl (C=O) groups is 2. The summed E-state index contributed by atoms with van der Waals surface area (Å²) < 4.78 is 10.6. The summed E-state index contributed by atoms with van der Waals surface area (Å²) >= 11 is 0. The highest BCUT2D eigenvalue weighted by atomic mass is 16.5. The first-order valence-electron chi connectivity index (χ1n) is 8.18. The minimum Gasteiger partial charge on any atom is -0.478 e. The third-order valence-corrected chi connectivity index (χ3v) is 4.32. The molecular formula is C19H18N2O6. The predicted octanol–water partition coefficient (Wildman–Crippen LogP) is 2.66. The van der Waals surface area contributed by atoms with Crippen LogP contribution in [0.5, 0.6) is 0 Å². The summed E-state index contributed by atoms with van der Waals surface area (Å²) in [4.78, 5) is 35.2. The van der Waals surface area contributed by atoms with Gasteiger partial charge in [0, 0.05) is 11.3 Å². The quantitative estimate of drug-likeness (QED) is 0.573. The lowest BCUT2D eigenvalue weighted by Gasteiger charge is -2.12. The highest BCUT2D eigenvalue weighted by Crippen LogP contribution is 2.32. The van der Waals surface area contributed by atoms with E-state index in [1.54, 1.807) is 31.2 Å². The topological polar surface area (TPSA) is 125 Å². The van der Waals surface area contributed by atoms with Crippen LogP contribution < -0.4 is 5.56 Å². The normalized spacial score (nSPS) is 11.9. The number of carboxylic acid groups (broad SMARTS) is 1. The van der Waals surface area contributed by atoms with E-state index < -0.39 is 17.9 Å². The molecule has 0 fully saturated rings. The zero-order valence-electron chi connectivity index (χ0n) is 14.7. The number of hydrogen-bond acceptors (Lipinski definition) is 5.